The van der Waals surface area contributed by atoms with Crippen molar-refractivity contribution in [3.05, 3.63) is 29.0 Å². The zero-order chi connectivity index (χ0) is 13.1. The number of para-hydroxylation sites is 1. The predicted molar refractivity (Wildman–Crippen MR) is 54.5 cm³/mol. The molecule has 0 aliphatic rings. The van der Waals surface area contributed by atoms with Gasteiger partial charge in [0.15, 0.2) is 0 Å². The van der Waals surface area contributed by atoms with Crippen LogP contribution in [0.3, 0.4) is 0 Å². The third kappa shape index (κ3) is 4.48. The van der Waals surface area contributed by atoms with E-state index in [-0.39, 0.29) is 10.7 Å². The summed E-state index contributed by atoms with van der Waals surface area (Å²) in [5.41, 5.74) is -0.367. The second-order valence-electron chi connectivity index (χ2n) is 3.02. The van der Waals surface area contributed by atoms with Crippen LogP contribution in [0.25, 0.3) is 0 Å². The van der Waals surface area contributed by atoms with E-state index in [1.54, 1.807) is 0 Å². The summed E-state index contributed by atoms with van der Waals surface area (Å²) in [5.74, 6) is -0.834. The second-order valence-corrected chi connectivity index (χ2v) is 3.43. The van der Waals surface area contributed by atoms with Crippen LogP contribution in [-0.4, -0.2) is 18.8 Å². The molecule has 0 atom stereocenters. The summed E-state index contributed by atoms with van der Waals surface area (Å²) in [7, 11) is 0. The van der Waals surface area contributed by atoms with Gasteiger partial charge in [0.25, 0.3) is 0 Å². The molecule has 0 unspecified atom stereocenters. The predicted octanol–water partition coefficient (Wildman–Crippen LogP) is 3.16. The first kappa shape index (κ1) is 13.6. The number of carbonyl (C=O) groups excluding carboxylic acids is 1. The minimum Gasteiger partial charge on any atom is -0.329 e. The van der Waals surface area contributed by atoms with Gasteiger partial charge in [-0.15, -0.1) is 0 Å². The Hall–Kier alpha value is -1.50. The highest BCUT2D eigenvalue weighted by molar-refractivity contribution is 6.33. The molecule has 0 saturated heterocycles. The van der Waals surface area contributed by atoms with Crippen LogP contribution in [-0.2, 0) is 0 Å². The number of nitrogens with one attached hydrogen (secondary N) is 2. The minimum atomic E-state index is -4.53. The second kappa shape index (κ2) is 5.22. The molecule has 0 fully saturated rings. The average molecular weight is 271 g/mol. The summed E-state index contributed by atoms with van der Waals surface area (Å²) in [4.78, 5) is 11.0. The van der Waals surface area contributed by atoms with Gasteiger partial charge in [-0.3, -0.25) is 0 Å². The number of amides is 2. The number of rotatable bonds is 2. The first-order valence-corrected chi connectivity index (χ1v) is 4.73. The average Bonchev–Trinajstić information content (AvgIpc) is 2.20. The van der Waals surface area contributed by atoms with Gasteiger partial charge in [0.1, 0.15) is 12.4 Å². The van der Waals surface area contributed by atoms with Gasteiger partial charge in [-0.2, -0.15) is 13.2 Å². The summed E-state index contributed by atoms with van der Waals surface area (Å²) in [6.07, 6.45) is -4.53. The molecule has 0 spiro atoms. The summed E-state index contributed by atoms with van der Waals surface area (Å²) in [6, 6.07) is 2.43. The Balaban J connectivity index is 2.63. The first-order chi connectivity index (χ1) is 7.79. The summed E-state index contributed by atoms with van der Waals surface area (Å²) in [6.45, 7) is -1.51. The minimum absolute atomic E-state index is 0.104. The molecule has 0 aliphatic heterocycles. The Morgan fingerprint density at radius 2 is 2.00 bits per heavy atom. The van der Waals surface area contributed by atoms with Crippen molar-refractivity contribution in [2.75, 3.05) is 11.9 Å². The summed E-state index contributed by atoms with van der Waals surface area (Å²) >= 11 is 5.56. The molecule has 0 aromatic heterocycles. The van der Waals surface area contributed by atoms with Crippen molar-refractivity contribution < 1.29 is 22.4 Å². The fraction of sp³-hybridized carbons (Fsp3) is 0.222. The van der Waals surface area contributed by atoms with Crippen molar-refractivity contribution in [1.29, 1.82) is 0 Å². The highest BCUT2D eigenvalue weighted by Gasteiger charge is 2.27. The fourth-order valence-corrected chi connectivity index (χ4v) is 1.17. The van der Waals surface area contributed by atoms with E-state index in [0.717, 1.165) is 6.07 Å². The molecule has 1 aromatic carbocycles. The first-order valence-electron chi connectivity index (χ1n) is 4.35. The summed E-state index contributed by atoms with van der Waals surface area (Å²) in [5, 5.41) is 3.31. The van der Waals surface area contributed by atoms with E-state index in [4.69, 9.17) is 11.6 Å². The fourth-order valence-electron chi connectivity index (χ4n) is 0.955. The van der Waals surface area contributed by atoms with Gasteiger partial charge in [-0.25, -0.2) is 9.18 Å². The molecule has 3 nitrogen and oxygen atoms in total. The van der Waals surface area contributed by atoms with Gasteiger partial charge in [0, 0.05) is 0 Å². The highest BCUT2D eigenvalue weighted by atomic mass is 35.5. The summed E-state index contributed by atoms with van der Waals surface area (Å²) < 4.78 is 48.4. The molecule has 94 valence electrons. The van der Waals surface area contributed by atoms with Gasteiger partial charge >= 0.3 is 12.2 Å². The number of hydrogen-bond donors (Lipinski definition) is 2. The lowest BCUT2D eigenvalue weighted by atomic mass is 10.3. The molecule has 0 saturated carbocycles. The third-order valence-corrected chi connectivity index (χ3v) is 1.97. The van der Waals surface area contributed by atoms with Gasteiger partial charge in [-0.05, 0) is 12.1 Å². The zero-order valence-corrected chi connectivity index (χ0v) is 8.99. The van der Waals surface area contributed by atoms with Crippen LogP contribution in [0.2, 0.25) is 5.02 Å². The zero-order valence-electron chi connectivity index (χ0n) is 8.24. The van der Waals surface area contributed by atoms with Crippen LogP contribution in [0.4, 0.5) is 28.0 Å². The van der Waals surface area contributed by atoms with Crippen LogP contribution in [0.1, 0.15) is 0 Å². The topological polar surface area (TPSA) is 41.1 Å². The Bertz CT molecular complexity index is 402. The molecule has 0 bridgehead atoms. The van der Waals surface area contributed by atoms with E-state index >= 15 is 0 Å². The van der Waals surface area contributed by atoms with Crippen LogP contribution in [0.5, 0.6) is 0 Å². The lowest BCUT2D eigenvalue weighted by molar-refractivity contribution is -0.122. The molecule has 17 heavy (non-hydrogen) atoms. The molecular formula is C9H7ClF4N2O. The molecule has 2 N–H and O–H groups in total. The molecule has 8 heteroatoms. The van der Waals surface area contributed by atoms with E-state index in [1.165, 1.54) is 17.4 Å². The van der Waals surface area contributed by atoms with Gasteiger partial charge in [0.2, 0.25) is 0 Å². The number of hydrogen-bond acceptors (Lipinski definition) is 1. The molecule has 0 radical (unpaired) electrons. The quantitative estimate of drug-likeness (QED) is 0.796. The largest absolute Gasteiger partial charge is 0.405 e. The number of alkyl halides is 3. The normalized spacial score (nSPS) is 11.1. The van der Waals surface area contributed by atoms with Crippen molar-refractivity contribution in [1.82, 2.24) is 5.32 Å². The maximum absolute atomic E-state index is 13.1. The number of urea groups is 1. The van der Waals surface area contributed by atoms with E-state index < -0.39 is 24.6 Å². The van der Waals surface area contributed by atoms with Gasteiger partial charge in [0.05, 0.1) is 10.7 Å². The van der Waals surface area contributed by atoms with Crippen LogP contribution in [0, 0.1) is 5.82 Å². The lowest BCUT2D eigenvalue weighted by Crippen LogP contribution is -2.36. The molecule has 1 rings (SSSR count). The van der Waals surface area contributed by atoms with Crippen LogP contribution >= 0.6 is 11.6 Å². The number of carbonyl (C=O) groups is 1. The standard InChI is InChI=1S/C9H7ClF4N2O/c10-5-2-1-3-6(11)7(5)16-8(17)15-4-9(12,13)14/h1-3H,4H2,(H2,15,16,17). The Kier molecular flexibility index (Phi) is 4.17. The van der Waals surface area contributed by atoms with E-state index in [2.05, 4.69) is 0 Å². The number of halogens is 5. The Labute approximate surface area is 98.8 Å². The van der Waals surface area contributed by atoms with Crippen LogP contribution < -0.4 is 10.6 Å². The molecule has 1 aromatic rings. The Morgan fingerprint density at radius 3 is 2.53 bits per heavy atom. The van der Waals surface area contributed by atoms with Gasteiger partial charge in [-0.1, -0.05) is 17.7 Å². The Morgan fingerprint density at radius 1 is 1.35 bits per heavy atom. The maximum atomic E-state index is 13.1. The van der Waals surface area contributed by atoms with Crippen molar-refractivity contribution in [3.8, 4) is 0 Å². The lowest BCUT2D eigenvalue weighted by Gasteiger charge is -2.11. The van der Waals surface area contributed by atoms with Crippen LogP contribution in [0.15, 0.2) is 18.2 Å². The molecule has 0 heterocycles. The van der Waals surface area contributed by atoms with Crippen molar-refractivity contribution in [2.24, 2.45) is 0 Å². The number of benzene rings is 1. The van der Waals surface area contributed by atoms with Crippen molar-refractivity contribution in [2.45, 2.75) is 6.18 Å². The third-order valence-electron chi connectivity index (χ3n) is 1.65. The van der Waals surface area contributed by atoms with E-state index in [1.807, 2.05) is 5.32 Å². The van der Waals surface area contributed by atoms with Crippen molar-refractivity contribution >= 4 is 23.3 Å². The molecule has 0 aliphatic carbocycles. The SMILES string of the molecule is O=C(NCC(F)(F)F)Nc1c(F)cccc1Cl. The van der Waals surface area contributed by atoms with E-state index in [9.17, 15) is 22.4 Å². The molecular weight excluding hydrogens is 264 g/mol. The van der Waals surface area contributed by atoms with E-state index in [0.29, 0.717) is 0 Å². The number of anilines is 1. The van der Waals surface area contributed by atoms with Gasteiger partial charge < -0.3 is 10.6 Å². The maximum Gasteiger partial charge on any atom is 0.405 e. The van der Waals surface area contributed by atoms with Crippen molar-refractivity contribution in [3.63, 3.8) is 0 Å². The highest BCUT2D eigenvalue weighted by Crippen LogP contribution is 2.24. The molecule has 2 amide bonds. The smallest absolute Gasteiger partial charge is 0.329 e. The monoisotopic (exact) mass is 270 g/mol.